The van der Waals surface area contributed by atoms with Crippen molar-refractivity contribution in [2.45, 2.75) is 39.2 Å². The van der Waals surface area contributed by atoms with Gasteiger partial charge in [-0.1, -0.05) is 12.7 Å². The van der Waals surface area contributed by atoms with E-state index in [-0.39, 0.29) is 24.8 Å². The van der Waals surface area contributed by atoms with Crippen molar-refractivity contribution in [2.24, 2.45) is 0 Å². The molecule has 31 heavy (non-hydrogen) atoms. The number of ether oxygens (including phenoxy) is 2. The molecule has 0 aromatic heterocycles. The molecule has 6 nitrogen and oxygen atoms in total. The van der Waals surface area contributed by atoms with Gasteiger partial charge in [0.15, 0.2) is 0 Å². The lowest BCUT2D eigenvalue weighted by atomic mass is 10.1. The Morgan fingerprint density at radius 1 is 1.45 bits per heavy atom. The van der Waals surface area contributed by atoms with Gasteiger partial charge in [-0.25, -0.2) is 4.39 Å². The molecular weight excluding hydrogens is 397 g/mol. The summed E-state index contributed by atoms with van der Waals surface area (Å²) in [4.78, 5) is 16.4. The zero-order valence-electron chi connectivity index (χ0n) is 19.2. The van der Waals surface area contributed by atoms with Gasteiger partial charge < -0.3 is 24.6 Å². The van der Waals surface area contributed by atoms with Crippen LogP contribution in [0.1, 0.15) is 33.1 Å². The van der Waals surface area contributed by atoms with E-state index in [1.807, 2.05) is 32.0 Å². The summed E-state index contributed by atoms with van der Waals surface area (Å²) in [5, 5.41) is 3.23. The van der Waals surface area contributed by atoms with E-state index in [4.69, 9.17) is 9.47 Å². The topological polar surface area (TPSA) is 54.0 Å². The number of hydrogen-bond donors (Lipinski definition) is 1. The minimum Gasteiger partial charge on any atom is -0.484 e. The van der Waals surface area contributed by atoms with Crippen LogP contribution in [0.5, 0.6) is 0 Å². The molecule has 2 heterocycles. The molecule has 1 unspecified atom stereocenters. The lowest BCUT2D eigenvalue weighted by Crippen LogP contribution is -2.41. The average molecular weight is 434 g/mol. The van der Waals surface area contributed by atoms with Gasteiger partial charge in [-0.3, -0.25) is 4.79 Å². The fraction of sp³-hybridized carbons (Fsp3) is 0.542. The molecule has 1 N–H and O–H groups in total. The van der Waals surface area contributed by atoms with Crippen molar-refractivity contribution < 1.29 is 18.7 Å². The Balaban J connectivity index is 2.32. The molecule has 2 aliphatic rings. The third-order valence-corrected chi connectivity index (χ3v) is 5.64. The van der Waals surface area contributed by atoms with Gasteiger partial charge in [0.1, 0.15) is 17.7 Å². The van der Waals surface area contributed by atoms with Crippen LogP contribution in [0.25, 0.3) is 0 Å². The highest BCUT2D eigenvalue weighted by molar-refractivity contribution is 5.78. The number of hydrogen-bond acceptors (Lipinski definition) is 5. The molecule has 2 rings (SSSR count). The molecule has 0 radical (unpaired) electrons. The van der Waals surface area contributed by atoms with E-state index < -0.39 is 6.10 Å². The minimum atomic E-state index is -0.407. The van der Waals surface area contributed by atoms with Crippen molar-refractivity contribution in [1.82, 2.24) is 15.1 Å². The van der Waals surface area contributed by atoms with Gasteiger partial charge in [-0.05, 0) is 44.1 Å². The van der Waals surface area contributed by atoms with Crippen molar-refractivity contribution in [1.29, 1.82) is 0 Å². The number of carbonyl (C=O) groups excluding carboxylic acids is 1. The van der Waals surface area contributed by atoms with Crippen LogP contribution in [0.2, 0.25) is 0 Å². The van der Waals surface area contributed by atoms with E-state index in [1.54, 1.807) is 6.08 Å². The van der Waals surface area contributed by atoms with E-state index in [9.17, 15) is 9.18 Å². The molecule has 172 valence electrons. The van der Waals surface area contributed by atoms with Gasteiger partial charge in [0.25, 0.3) is 0 Å². The first kappa shape index (κ1) is 24.7. The van der Waals surface area contributed by atoms with Gasteiger partial charge in [0, 0.05) is 52.3 Å². The summed E-state index contributed by atoms with van der Waals surface area (Å²) in [7, 11) is 3.84. The molecule has 1 atom stereocenters. The summed E-state index contributed by atoms with van der Waals surface area (Å²) < 4.78 is 25.7. The fourth-order valence-corrected chi connectivity index (χ4v) is 3.24. The highest BCUT2D eigenvalue weighted by atomic mass is 19.1. The zero-order valence-corrected chi connectivity index (χ0v) is 19.2. The zero-order chi connectivity index (χ0) is 22.8. The van der Waals surface area contributed by atoms with Gasteiger partial charge >= 0.3 is 0 Å². The Morgan fingerprint density at radius 2 is 2.19 bits per heavy atom. The molecule has 0 bridgehead atoms. The second kappa shape index (κ2) is 12.3. The molecule has 1 saturated heterocycles. The molecule has 0 aromatic rings. The maximum absolute atomic E-state index is 13.8. The van der Waals surface area contributed by atoms with Gasteiger partial charge in [0.2, 0.25) is 5.91 Å². The third kappa shape index (κ3) is 7.28. The van der Waals surface area contributed by atoms with Crippen molar-refractivity contribution in [3.8, 4) is 0 Å². The third-order valence-electron chi connectivity index (χ3n) is 5.64. The van der Waals surface area contributed by atoms with Crippen LogP contribution < -0.4 is 5.32 Å². The van der Waals surface area contributed by atoms with Crippen LogP contribution in [0.3, 0.4) is 0 Å². The molecule has 1 amide bonds. The average Bonchev–Trinajstić information content (AvgIpc) is 2.72. The molecule has 0 aliphatic carbocycles. The van der Waals surface area contributed by atoms with Gasteiger partial charge in [0.05, 0.1) is 18.9 Å². The molecule has 0 spiro atoms. The Morgan fingerprint density at radius 3 is 2.81 bits per heavy atom. The summed E-state index contributed by atoms with van der Waals surface area (Å²) in [5.74, 6) is 0.306. The Hall–Kier alpha value is -2.54. The van der Waals surface area contributed by atoms with E-state index >= 15 is 0 Å². The summed E-state index contributed by atoms with van der Waals surface area (Å²) >= 11 is 0. The van der Waals surface area contributed by atoms with Gasteiger partial charge in [-0.15, -0.1) is 0 Å². The molecular formula is C24H36FN3O3. The second-order valence-electron chi connectivity index (χ2n) is 7.70. The smallest absolute Gasteiger partial charge is 0.226 e. The van der Waals surface area contributed by atoms with E-state index in [2.05, 4.69) is 23.7 Å². The number of allylic oxidation sites excluding steroid dienone is 3. The first-order valence-corrected chi connectivity index (χ1v) is 10.9. The predicted molar refractivity (Wildman–Crippen MR) is 122 cm³/mol. The molecule has 1 fully saturated rings. The van der Waals surface area contributed by atoms with Crippen LogP contribution in [-0.2, 0) is 14.3 Å². The normalized spacial score (nSPS) is 23.7. The van der Waals surface area contributed by atoms with Crippen molar-refractivity contribution >= 4 is 5.91 Å². The van der Waals surface area contributed by atoms with Crippen LogP contribution in [0.15, 0.2) is 59.4 Å². The number of amides is 1. The van der Waals surface area contributed by atoms with Gasteiger partial charge in [-0.2, -0.15) is 0 Å². The maximum atomic E-state index is 13.8. The van der Waals surface area contributed by atoms with Crippen LogP contribution in [0.4, 0.5) is 4.39 Å². The van der Waals surface area contributed by atoms with Crippen molar-refractivity contribution in [3.63, 3.8) is 0 Å². The highest BCUT2D eigenvalue weighted by Gasteiger charge is 2.22. The second-order valence-corrected chi connectivity index (χ2v) is 7.70. The first-order valence-electron chi connectivity index (χ1n) is 10.9. The Labute approximate surface area is 185 Å². The number of nitrogens with zero attached hydrogens (tertiary/aromatic N) is 2. The quantitative estimate of drug-likeness (QED) is 0.468. The molecule has 2 aliphatic heterocycles. The number of rotatable bonds is 8. The Kier molecular flexibility index (Phi) is 9.85. The fourth-order valence-electron chi connectivity index (χ4n) is 3.24. The number of carbonyl (C=O) groups is 1. The lowest BCUT2D eigenvalue weighted by Gasteiger charge is -2.31. The monoisotopic (exact) mass is 433 g/mol. The number of nitrogens with one attached hydrogen (secondary N) is 1. The summed E-state index contributed by atoms with van der Waals surface area (Å²) in [5.41, 5.74) is 2.45. The molecule has 0 saturated carbocycles. The number of halogens is 1. The lowest BCUT2D eigenvalue weighted by molar-refractivity contribution is -0.133. The minimum absolute atomic E-state index is 0.0875. The highest BCUT2D eigenvalue weighted by Crippen LogP contribution is 2.24. The SMILES string of the molecule is C=C1/C=C\C(F)=C/COCCC1OC(=C/CC(=O)N1CCC1)/C(NC)=C(\C)N(C)CC. The van der Waals surface area contributed by atoms with Crippen LogP contribution >= 0.6 is 0 Å². The summed E-state index contributed by atoms with van der Waals surface area (Å²) in [6.07, 6.45) is 7.70. The summed E-state index contributed by atoms with van der Waals surface area (Å²) in [6, 6.07) is 0. The van der Waals surface area contributed by atoms with E-state index in [1.165, 1.54) is 12.2 Å². The first-order chi connectivity index (χ1) is 14.9. The Bertz CT molecular complexity index is 766. The number of likely N-dealkylation sites (tertiary alicyclic amines) is 1. The molecule has 7 heteroatoms. The van der Waals surface area contributed by atoms with E-state index in [0.29, 0.717) is 24.4 Å². The summed E-state index contributed by atoms with van der Waals surface area (Å²) in [6.45, 7) is 11.2. The van der Waals surface area contributed by atoms with Crippen LogP contribution in [0, 0.1) is 0 Å². The largest absolute Gasteiger partial charge is 0.484 e. The van der Waals surface area contributed by atoms with Crippen molar-refractivity contribution in [3.05, 3.63) is 59.4 Å². The standard InChI is InChI=1S/C24H36FN3O3/c1-6-27(5)19(3)24(26-4)22(10-11-23(29)28-14-7-15-28)31-21-13-17-30-16-12-20(25)9-8-18(21)2/h8-10,12,21,26H,2,6-7,11,13-17H2,1,3-5H3/b9-8-,20-12+,22-10+,24-19-. The van der Waals surface area contributed by atoms with E-state index in [0.717, 1.165) is 37.4 Å². The van der Waals surface area contributed by atoms with Crippen LogP contribution in [-0.4, -0.2) is 68.8 Å². The van der Waals surface area contributed by atoms with Crippen molar-refractivity contribution in [2.75, 3.05) is 46.9 Å². The molecule has 0 aromatic carbocycles. The maximum Gasteiger partial charge on any atom is 0.226 e. The number of likely N-dealkylation sites (N-methyl/N-ethyl adjacent to an activating group) is 1. The predicted octanol–water partition coefficient (Wildman–Crippen LogP) is 3.67.